The van der Waals surface area contributed by atoms with Gasteiger partial charge in [0, 0.05) is 10.9 Å². The van der Waals surface area contributed by atoms with E-state index in [2.05, 4.69) is 30.4 Å². The van der Waals surface area contributed by atoms with Gasteiger partial charge in [0.25, 0.3) is 0 Å². The monoisotopic (exact) mass is 243 g/mol. The first-order valence-corrected chi connectivity index (χ1v) is 6.51. The Morgan fingerprint density at radius 1 is 1.06 bits per heavy atom. The van der Waals surface area contributed by atoms with Gasteiger partial charge >= 0.3 is 0 Å². The lowest BCUT2D eigenvalue weighted by atomic mass is 9.61. The topological polar surface area (TPSA) is 23.8 Å². The molecule has 1 aromatic carbocycles. The largest absolute Gasteiger partial charge is 0.198 e. The zero-order valence-corrected chi connectivity index (χ0v) is 10.3. The number of benzene rings is 1. The molecule has 1 aromatic rings. The molecule has 0 amide bonds. The Balaban J connectivity index is 1.99. The fourth-order valence-electron chi connectivity index (χ4n) is 3.31. The molecule has 1 nitrogen and oxygen atoms in total. The molecule has 0 aromatic heterocycles. The van der Waals surface area contributed by atoms with Crippen molar-refractivity contribution in [3.8, 4) is 6.07 Å². The molecule has 0 unspecified atom stereocenters. The van der Waals surface area contributed by atoms with Gasteiger partial charge in [0.1, 0.15) is 0 Å². The summed E-state index contributed by atoms with van der Waals surface area (Å²) in [4.78, 5) is 0. The van der Waals surface area contributed by atoms with E-state index in [1.54, 1.807) is 0 Å². The van der Waals surface area contributed by atoms with Gasteiger partial charge in [0.2, 0.25) is 0 Å². The van der Waals surface area contributed by atoms with Gasteiger partial charge in [-0.05, 0) is 42.4 Å². The second-order valence-electron chi connectivity index (χ2n) is 5.02. The highest BCUT2D eigenvalue weighted by atomic mass is 35.5. The molecule has 0 radical (unpaired) electrons. The lowest BCUT2D eigenvalue weighted by molar-refractivity contribution is 0.225. The lowest BCUT2D eigenvalue weighted by Crippen LogP contribution is -2.34. The average Bonchev–Trinajstić information content (AvgIpc) is 2.40. The molecule has 4 rings (SSSR count). The van der Waals surface area contributed by atoms with Crippen LogP contribution in [0.2, 0.25) is 5.02 Å². The number of hydrogen-bond acceptors (Lipinski definition) is 1. The van der Waals surface area contributed by atoms with Crippen LogP contribution in [0.1, 0.15) is 24.3 Å². The fourth-order valence-corrected chi connectivity index (χ4v) is 3.44. The van der Waals surface area contributed by atoms with Crippen LogP contribution >= 0.6 is 11.6 Å². The Morgan fingerprint density at radius 3 is 2.29 bits per heavy atom. The molecule has 0 spiro atoms. The van der Waals surface area contributed by atoms with Gasteiger partial charge < -0.3 is 0 Å². The quantitative estimate of drug-likeness (QED) is 0.680. The first-order valence-electron chi connectivity index (χ1n) is 6.13. The highest BCUT2D eigenvalue weighted by Gasteiger charge is 2.41. The maximum atomic E-state index is 9.39. The Kier molecular flexibility index (Phi) is 2.68. The van der Waals surface area contributed by atoms with Crippen molar-refractivity contribution in [1.82, 2.24) is 0 Å². The standard InChI is InChI=1S/C15H14ClN/c16-13-7-5-12(6-8-13)15-11-3-1-10(2-4-11)14(15)9-17/h1,3,5-8,10-11,14-15H,2,4H2/t10-,11+,14-,15-/m1/s1. The van der Waals surface area contributed by atoms with Gasteiger partial charge in [0.15, 0.2) is 0 Å². The second kappa shape index (κ2) is 4.20. The van der Waals surface area contributed by atoms with Crippen LogP contribution in [0.15, 0.2) is 36.4 Å². The van der Waals surface area contributed by atoms with Crippen LogP contribution in [0.4, 0.5) is 0 Å². The van der Waals surface area contributed by atoms with Gasteiger partial charge in [0.05, 0.1) is 12.0 Å². The Labute approximate surface area is 107 Å². The smallest absolute Gasteiger partial charge is 0.0668 e. The summed E-state index contributed by atoms with van der Waals surface area (Å²) in [5, 5.41) is 10.2. The number of halogens is 1. The molecule has 2 bridgehead atoms. The van der Waals surface area contributed by atoms with Crippen molar-refractivity contribution in [3.05, 3.63) is 47.0 Å². The Morgan fingerprint density at radius 2 is 1.71 bits per heavy atom. The minimum atomic E-state index is 0.139. The number of nitriles is 1. The molecule has 0 N–H and O–H groups in total. The number of allylic oxidation sites excluding steroid dienone is 2. The summed E-state index contributed by atoms with van der Waals surface area (Å²) < 4.78 is 0. The van der Waals surface area contributed by atoms with E-state index < -0.39 is 0 Å². The average molecular weight is 244 g/mol. The number of hydrogen-bond donors (Lipinski definition) is 0. The maximum absolute atomic E-state index is 9.39. The van der Waals surface area contributed by atoms with Crippen LogP contribution in [-0.4, -0.2) is 0 Å². The molecule has 3 aliphatic carbocycles. The van der Waals surface area contributed by atoms with E-state index in [1.807, 2.05) is 12.1 Å². The highest BCUT2D eigenvalue weighted by molar-refractivity contribution is 6.30. The van der Waals surface area contributed by atoms with Crippen LogP contribution in [0.3, 0.4) is 0 Å². The molecular weight excluding hydrogens is 230 g/mol. The van der Waals surface area contributed by atoms with E-state index in [0.717, 1.165) is 5.02 Å². The first kappa shape index (κ1) is 10.9. The number of rotatable bonds is 1. The van der Waals surface area contributed by atoms with Crippen molar-refractivity contribution in [3.63, 3.8) is 0 Å². The van der Waals surface area contributed by atoms with Gasteiger partial charge in [-0.1, -0.05) is 35.9 Å². The molecule has 17 heavy (non-hydrogen) atoms. The normalized spacial score (nSPS) is 34.6. The van der Waals surface area contributed by atoms with Crippen LogP contribution in [-0.2, 0) is 0 Å². The SMILES string of the molecule is N#C[C@H]1[C@@H](c2ccc(Cl)cc2)[C@H]2C=C[C@@H]1CC2. The summed E-state index contributed by atoms with van der Waals surface area (Å²) in [5.74, 6) is 1.48. The molecule has 4 atom stereocenters. The second-order valence-corrected chi connectivity index (χ2v) is 5.46. The molecule has 0 aliphatic heterocycles. The number of fused-ring (bicyclic) bond motifs is 2. The van der Waals surface area contributed by atoms with E-state index in [-0.39, 0.29) is 5.92 Å². The highest BCUT2D eigenvalue weighted by Crippen LogP contribution is 2.49. The van der Waals surface area contributed by atoms with Crippen LogP contribution in [0.25, 0.3) is 0 Å². The molecule has 0 heterocycles. The van der Waals surface area contributed by atoms with E-state index in [4.69, 9.17) is 11.6 Å². The van der Waals surface area contributed by atoms with Crippen molar-refractivity contribution < 1.29 is 0 Å². The van der Waals surface area contributed by atoms with Crippen LogP contribution in [0.5, 0.6) is 0 Å². The van der Waals surface area contributed by atoms with Gasteiger partial charge in [-0.2, -0.15) is 5.26 Å². The first-order chi connectivity index (χ1) is 8.29. The van der Waals surface area contributed by atoms with Crippen molar-refractivity contribution in [2.24, 2.45) is 17.8 Å². The number of nitrogens with zero attached hydrogens (tertiary/aromatic N) is 1. The van der Waals surface area contributed by atoms with Gasteiger partial charge in [-0.25, -0.2) is 0 Å². The molecule has 0 saturated heterocycles. The zero-order valence-electron chi connectivity index (χ0n) is 9.51. The van der Waals surface area contributed by atoms with Crippen LogP contribution < -0.4 is 0 Å². The van der Waals surface area contributed by atoms with Gasteiger partial charge in [-0.3, -0.25) is 0 Å². The summed E-state index contributed by atoms with van der Waals surface area (Å²) in [5.41, 5.74) is 1.26. The molecule has 1 fully saturated rings. The third-order valence-corrected chi connectivity index (χ3v) is 4.40. The summed E-state index contributed by atoms with van der Waals surface area (Å²) in [6.45, 7) is 0. The summed E-state index contributed by atoms with van der Waals surface area (Å²) in [7, 11) is 0. The van der Waals surface area contributed by atoms with E-state index in [9.17, 15) is 5.26 Å². The maximum Gasteiger partial charge on any atom is 0.0668 e. The van der Waals surface area contributed by atoms with Crippen molar-refractivity contribution in [2.45, 2.75) is 18.8 Å². The molecule has 86 valence electrons. The zero-order chi connectivity index (χ0) is 11.8. The van der Waals surface area contributed by atoms with Crippen molar-refractivity contribution >= 4 is 11.6 Å². The van der Waals surface area contributed by atoms with Crippen molar-refractivity contribution in [2.75, 3.05) is 0 Å². The minimum absolute atomic E-state index is 0.139. The Hall–Kier alpha value is -1.26. The van der Waals surface area contributed by atoms with E-state index in [0.29, 0.717) is 17.8 Å². The summed E-state index contributed by atoms with van der Waals surface area (Å²) >= 11 is 5.92. The van der Waals surface area contributed by atoms with Gasteiger partial charge in [-0.15, -0.1) is 0 Å². The van der Waals surface area contributed by atoms with Crippen LogP contribution in [0, 0.1) is 29.1 Å². The fraction of sp³-hybridized carbons (Fsp3) is 0.400. The molecule has 3 aliphatic rings. The minimum Gasteiger partial charge on any atom is -0.198 e. The third kappa shape index (κ3) is 1.77. The van der Waals surface area contributed by atoms with E-state index in [1.165, 1.54) is 18.4 Å². The van der Waals surface area contributed by atoms with E-state index >= 15 is 0 Å². The third-order valence-electron chi connectivity index (χ3n) is 4.15. The summed E-state index contributed by atoms with van der Waals surface area (Å²) in [6, 6.07) is 10.5. The predicted octanol–water partition coefficient (Wildman–Crippen LogP) is 4.16. The lowest BCUT2D eigenvalue weighted by Gasteiger charge is -2.42. The summed E-state index contributed by atoms with van der Waals surface area (Å²) in [6.07, 6.45) is 6.94. The Bertz CT molecular complexity index is 483. The molecular formula is C15H14ClN. The molecule has 1 saturated carbocycles. The molecule has 2 heteroatoms. The predicted molar refractivity (Wildman–Crippen MR) is 68.7 cm³/mol. The van der Waals surface area contributed by atoms with Crippen molar-refractivity contribution in [1.29, 1.82) is 5.26 Å².